The maximum absolute atomic E-state index is 14.4. The fraction of sp³-hybridized carbons (Fsp3) is 0.548. The van der Waals surface area contributed by atoms with Crippen molar-refractivity contribution in [3.05, 3.63) is 47.8 Å². The summed E-state index contributed by atoms with van der Waals surface area (Å²) in [7, 11) is 0. The van der Waals surface area contributed by atoms with Crippen LogP contribution in [0.15, 0.2) is 36.4 Å². The van der Waals surface area contributed by atoms with Crippen molar-refractivity contribution in [1.82, 2.24) is 19.8 Å². The number of rotatable bonds is 8. The number of hydrogen-bond donors (Lipinski definition) is 0. The molecule has 2 amide bonds. The van der Waals surface area contributed by atoms with Gasteiger partial charge in [0.25, 0.3) is 0 Å². The van der Waals surface area contributed by atoms with E-state index in [2.05, 4.69) is 16.0 Å². The molecule has 0 spiro atoms. The molecule has 0 aliphatic carbocycles. The summed E-state index contributed by atoms with van der Waals surface area (Å²) in [6, 6.07) is 13.7. The Kier molecular flexibility index (Phi) is 10.4. The number of alkyl halides is 1. The minimum absolute atomic E-state index is 0.0287. The summed E-state index contributed by atoms with van der Waals surface area (Å²) in [4.78, 5) is 36.7. The van der Waals surface area contributed by atoms with Crippen molar-refractivity contribution in [1.29, 1.82) is 10.5 Å². The standard InChI is InChI=1S/C31H37FN6O6/c1-20(25-14-22(32)18-38(25)30(40)44-31(2,3)4)42-27-16-28(36-26(17-34)35-27)43-24-11-13-37(23(15-24)10-12-33)29(39)41-19-21-8-6-5-7-9-21/h5-9,16,20,22-25H,10-11,13-15,18-19H2,1-4H3/t20-,22+,23+,24-,25-/m0/s1. The highest BCUT2D eigenvalue weighted by Gasteiger charge is 2.41. The molecule has 1 aromatic heterocycles. The molecule has 0 radical (unpaired) electrons. The predicted molar refractivity (Wildman–Crippen MR) is 154 cm³/mol. The third-order valence-electron chi connectivity index (χ3n) is 7.27. The van der Waals surface area contributed by atoms with E-state index in [9.17, 15) is 24.5 Å². The van der Waals surface area contributed by atoms with Gasteiger partial charge in [-0.05, 0) is 33.3 Å². The molecule has 2 aromatic rings. The van der Waals surface area contributed by atoms with Crippen molar-refractivity contribution in [2.24, 2.45) is 0 Å². The Balaban J connectivity index is 1.40. The average molecular weight is 609 g/mol. The number of benzene rings is 1. The van der Waals surface area contributed by atoms with Gasteiger partial charge in [0, 0.05) is 25.8 Å². The van der Waals surface area contributed by atoms with Crippen molar-refractivity contribution in [3.8, 4) is 23.9 Å². The van der Waals surface area contributed by atoms with E-state index in [1.807, 2.05) is 36.4 Å². The molecule has 5 atom stereocenters. The molecular weight excluding hydrogens is 571 g/mol. The third-order valence-corrected chi connectivity index (χ3v) is 7.27. The Labute approximate surface area is 256 Å². The van der Waals surface area contributed by atoms with Gasteiger partial charge in [0.1, 0.15) is 36.7 Å². The number of halogens is 1. The molecule has 0 bridgehead atoms. The van der Waals surface area contributed by atoms with Gasteiger partial charge in [-0.2, -0.15) is 20.5 Å². The number of amides is 2. The summed E-state index contributed by atoms with van der Waals surface area (Å²) in [5.41, 5.74) is 0.112. The summed E-state index contributed by atoms with van der Waals surface area (Å²) in [5, 5.41) is 18.9. The first-order chi connectivity index (χ1) is 21.0. The Hall–Kier alpha value is -4.65. The molecule has 4 rings (SSSR count). The number of carbonyl (C=O) groups excluding carboxylic acids is 2. The van der Waals surface area contributed by atoms with Crippen LogP contribution in [0.25, 0.3) is 0 Å². The summed E-state index contributed by atoms with van der Waals surface area (Å²) in [5.74, 6) is -0.0849. The minimum Gasteiger partial charge on any atom is -0.474 e. The van der Waals surface area contributed by atoms with E-state index in [1.54, 1.807) is 32.6 Å². The number of ether oxygens (including phenoxy) is 4. The lowest BCUT2D eigenvalue weighted by Crippen LogP contribution is -2.49. The first-order valence-electron chi connectivity index (χ1n) is 14.6. The zero-order valence-corrected chi connectivity index (χ0v) is 25.3. The predicted octanol–water partition coefficient (Wildman–Crippen LogP) is 4.93. The van der Waals surface area contributed by atoms with Crippen LogP contribution in [0.3, 0.4) is 0 Å². The lowest BCUT2D eigenvalue weighted by Gasteiger charge is -2.37. The van der Waals surface area contributed by atoms with Crippen LogP contribution in [0.4, 0.5) is 14.0 Å². The minimum atomic E-state index is -1.24. The van der Waals surface area contributed by atoms with Gasteiger partial charge >= 0.3 is 12.2 Å². The molecule has 44 heavy (non-hydrogen) atoms. The van der Waals surface area contributed by atoms with Crippen molar-refractivity contribution < 1.29 is 32.9 Å². The highest BCUT2D eigenvalue weighted by molar-refractivity contribution is 5.69. The Morgan fingerprint density at radius 1 is 1.09 bits per heavy atom. The number of hydrogen-bond acceptors (Lipinski definition) is 10. The Morgan fingerprint density at radius 2 is 1.82 bits per heavy atom. The van der Waals surface area contributed by atoms with Crippen molar-refractivity contribution in [2.45, 2.75) is 96.0 Å². The zero-order valence-electron chi connectivity index (χ0n) is 25.3. The van der Waals surface area contributed by atoms with Crippen LogP contribution in [0.2, 0.25) is 0 Å². The van der Waals surface area contributed by atoms with E-state index < -0.39 is 48.3 Å². The molecule has 2 aliphatic heterocycles. The number of aromatic nitrogens is 2. The maximum atomic E-state index is 14.4. The van der Waals surface area contributed by atoms with Crippen LogP contribution in [0.5, 0.6) is 11.8 Å². The molecule has 234 valence electrons. The molecule has 2 aliphatic rings. The maximum Gasteiger partial charge on any atom is 0.410 e. The zero-order chi connectivity index (χ0) is 31.9. The smallest absolute Gasteiger partial charge is 0.410 e. The average Bonchev–Trinajstić information content (AvgIpc) is 3.38. The number of piperidine rings is 1. The molecule has 1 aromatic carbocycles. The molecule has 3 heterocycles. The fourth-order valence-electron chi connectivity index (χ4n) is 5.27. The first kappa shape index (κ1) is 32.3. The third kappa shape index (κ3) is 8.69. The summed E-state index contributed by atoms with van der Waals surface area (Å²) < 4.78 is 37.4. The van der Waals surface area contributed by atoms with Gasteiger partial charge in [-0.15, -0.1) is 0 Å². The second-order valence-corrected chi connectivity index (χ2v) is 11.8. The summed E-state index contributed by atoms with van der Waals surface area (Å²) in [6.07, 6.45) is -2.55. The van der Waals surface area contributed by atoms with Crippen LogP contribution < -0.4 is 9.47 Å². The van der Waals surface area contributed by atoms with Crippen molar-refractivity contribution >= 4 is 12.2 Å². The highest BCUT2D eigenvalue weighted by Crippen LogP contribution is 2.29. The normalized spacial score (nSPS) is 22.3. The van der Waals surface area contributed by atoms with Crippen LogP contribution >= 0.6 is 0 Å². The van der Waals surface area contributed by atoms with Gasteiger partial charge in [0.15, 0.2) is 0 Å². The molecule has 2 fully saturated rings. The van der Waals surface area contributed by atoms with Gasteiger partial charge in [0.2, 0.25) is 17.6 Å². The quantitative estimate of drug-likeness (QED) is 0.404. The number of nitriles is 2. The monoisotopic (exact) mass is 608 g/mol. The number of carbonyl (C=O) groups is 2. The van der Waals surface area contributed by atoms with Crippen LogP contribution in [0, 0.1) is 22.7 Å². The summed E-state index contributed by atoms with van der Waals surface area (Å²) in [6.45, 7) is 7.20. The molecule has 0 saturated carbocycles. The molecule has 13 heteroatoms. The summed E-state index contributed by atoms with van der Waals surface area (Å²) >= 11 is 0. The van der Waals surface area contributed by atoms with E-state index >= 15 is 0 Å². The fourth-order valence-corrected chi connectivity index (χ4v) is 5.27. The second-order valence-electron chi connectivity index (χ2n) is 11.8. The topological polar surface area (TPSA) is 151 Å². The van der Waals surface area contributed by atoms with Crippen LogP contribution in [-0.2, 0) is 16.1 Å². The second kappa shape index (κ2) is 14.2. The largest absolute Gasteiger partial charge is 0.474 e. The lowest BCUT2D eigenvalue weighted by molar-refractivity contribution is 0.0101. The number of likely N-dealkylation sites (tertiary alicyclic amines) is 2. The van der Waals surface area contributed by atoms with Crippen molar-refractivity contribution in [3.63, 3.8) is 0 Å². The van der Waals surface area contributed by atoms with Crippen molar-refractivity contribution in [2.75, 3.05) is 13.1 Å². The van der Waals surface area contributed by atoms with Crippen LogP contribution in [0.1, 0.15) is 64.8 Å². The molecule has 0 N–H and O–H groups in total. The number of nitrogens with zero attached hydrogens (tertiary/aromatic N) is 6. The van der Waals surface area contributed by atoms with Gasteiger partial charge in [-0.1, -0.05) is 30.3 Å². The lowest BCUT2D eigenvalue weighted by atomic mass is 9.97. The van der Waals surface area contributed by atoms with E-state index in [4.69, 9.17) is 18.9 Å². The molecular formula is C31H37FN6O6. The molecule has 2 saturated heterocycles. The Morgan fingerprint density at radius 3 is 2.50 bits per heavy atom. The van der Waals surface area contributed by atoms with Crippen LogP contribution in [-0.4, -0.2) is 81.1 Å². The highest BCUT2D eigenvalue weighted by atomic mass is 19.1. The SMILES string of the molecule is C[C@H](Oc1cc(O[C@H]2CCN(C(=O)OCc3ccccc3)[C@H](CC#N)C2)nc(C#N)n1)[C@@H]1C[C@@H](F)CN1C(=O)OC(C)(C)C. The van der Waals surface area contributed by atoms with Gasteiger partial charge in [-0.25, -0.2) is 14.0 Å². The van der Waals surface area contributed by atoms with E-state index in [0.717, 1.165) is 5.56 Å². The first-order valence-corrected chi connectivity index (χ1v) is 14.6. The van der Waals surface area contributed by atoms with Gasteiger partial charge in [-0.3, -0.25) is 4.90 Å². The Bertz CT molecular complexity index is 1390. The van der Waals surface area contributed by atoms with Gasteiger partial charge < -0.3 is 23.8 Å². The molecule has 0 unspecified atom stereocenters. The van der Waals surface area contributed by atoms with Gasteiger partial charge in [0.05, 0.1) is 37.2 Å². The van der Waals surface area contributed by atoms with E-state index in [-0.39, 0.29) is 43.6 Å². The van der Waals surface area contributed by atoms with E-state index in [1.165, 1.54) is 11.0 Å². The van der Waals surface area contributed by atoms with E-state index in [0.29, 0.717) is 19.4 Å². The molecule has 12 nitrogen and oxygen atoms in total.